The van der Waals surface area contributed by atoms with Gasteiger partial charge in [0.1, 0.15) is 11.4 Å². The van der Waals surface area contributed by atoms with Gasteiger partial charge in [-0.25, -0.2) is 0 Å². The molecule has 0 saturated carbocycles. The molecule has 2 heterocycles. The Morgan fingerprint density at radius 3 is 2.88 bits per heavy atom. The van der Waals surface area contributed by atoms with E-state index in [2.05, 4.69) is 15.9 Å². The van der Waals surface area contributed by atoms with Crippen LogP contribution in [-0.4, -0.2) is 22.2 Å². The molecule has 0 aliphatic carbocycles. The Kier molecular flexibility index (Phi) is 3.13. The van der Waals surface area contributed by atoms with Crippen molar-refractivity contribution in [1.82, 2.24) is 0 Å². The summed E-state index contributed by atoms with van der Waals surface area (Å²) in [7, 11) is 0. The average Bonchev–Trinajstić information content (AvgIpc) is 2.31. The van der Waals surface area contributed by atoms with Crippen molar-refractivity contribution in [3.63, 3.8) is 0 Å². The van der Waals surface area contributed by atoms with Gasteiger partial charge in [-0.2, -0.15) is 11.8 Å². The van der Waals surface area contributed by atoms with Gasteiger partial charge < -0.3 is 9.84 Å². The van der Waals surface area contributed by atoms with Crippen LogP contribution in [0.15, 0.2) is 22.7 Å². The van der Waals surface area contributed by atoms with E-state index in [1.807, 2.05) is 30.0 Å². The second-order valence-electron chi connectivity index (χ2n) is 4.80. The summed E-state index contributed by atoms with van der Waals surface area (Å²) in [5, 5.41) is 10.3. The number of ether oxygens (including phenoxy) is 1. The van der Waals surface area contributed by atoms with E-state index in [9.17, 15) is 5.11 Å². The zero-order chi connectivity index (χ0) is 11.9. The van der Waals surface area contributed by atoms with Gasteiger partial charge in [0, 0.05) is 16.5 Å². The van der Waals surface area contributed by atoms with Gasteiger partial charge in [0.05, 0.1) is 6.10 Å². The minimum atomic E-state index is -0.389. The van der Waals surface area contributed by atoms with Gasteiger partial charge in [0.15, 0.2) is 0 Å². The summed E-state index contributed by atoms with van der Waals surface area (Å²) in [6.45, 7) is 0. The molecular weight excluding hydrogens is 300 g/mol. The van der Waals surface area contributed by atoms with Crippen molar-refractivity contribution in [3.05, 3.63) is 28.2 Å². The molecule has 4 heteroatoms. The summed E-state index contributed by atoms with van der Waals surface area (Å²) >= 11 is 5.41. The molecule has 1 aromatic carbocycles. The summed E-state index contributed by atoms with van der Waals surface area (Å²) < 4.78 is 7.19. The Labute approximate surface area is 114 Å². The minimum Gasteiger partial charge on any atom is -0.487 e. The summed E-state index contributed by atoms with van der Waals surface area (Å²) in [6.07, 6.45) is 2.44. The lowest BCUT2D eigenvalue weighted by Crippen LogP contribution is -2.44. The first-order chi connectivity index (χ1) is 8.19. The van der Waals surface area contributed by atoms with E-state index in [4.69, 9.17) is 4.74 Å². The third-order valence-electron chi connectivity index (χ3n) is 3.63. The first-order valence-corrected chi connectivity index (χ1v) is 7.88. The third kappa shape index (κ3) is 2.23. The maximum atomic E-state index is 10.3. The largest absolute Gasteiger partial charge is 0.487 e. The number of rotatable bonds is 0. The van der Waals surface area contributed by atoms with Gasteiger partial charge in [-0.15, -0.1) is 0 Å². The molecule has 92 valence electrons. The Morgan fingerprint density at radius 1 is 1.35 bits per heavy atom. The van der Waals surface area contributed by atoms with Crippen LogP contribution >= 0.6 is 27.7 Å². The predicted molar refractivity (Wildman–Crippen MR) is 73.6 cm³/mol. The lowest BCUT2D eigenvalue weighted by Gasteiger charge is -2.43. The number of aliphatic hydroxyl groups is 1. The maximum absolute atomic E-state index is 10.3. The molecule has 2 nitrogen and oxygen atoms in total. The fourth-order valence-corrected chi connectivity index (χ4v) is 4.28. The molecule has 3 rings (SSSR count). The van der Waals surface area contributed by atoms with Crippen molar-refractivity contribution in [1.29, 1.82) is 0 Å². The second kappa shape index (κ2) is 4.48. The van der Waals surface area contributed by atoms with Crippen molar-refractivity contribution in [2.45, 2.75) is 31.0 Å². The topological polar surface area (TPSA) is 29.5 Å². The number of benzene rings is 1. The first-order valence-electron chi connectivity index (χ1n) is 5.93. The molecule has 0 aromatic heterocycles. The van der Waals surface area contributed by atoms with Crippen LogP contribution in [0.5, 0.6) is 5.75 Å². The van der Waals surface area contributed by atoms with Gasteiger partial charge in [0.2, 0.25) is 0 Å². The Balaban J connectivity index is 1.94. The standard InChI is InChI=1S/C13H15BrO2S/c14-9-1-2-12-10(7-9)11(15)8-13(16-12)3-5-17-6-4-13/h1-2,7,11,15H,3-6,8H2/t11-/m0/s1. The van der Waals surface area contributed by atoms with E-state index in [1.54, 1.807) is 0 Å². The zero-order valence-corrected chi connectivity index (χ0v) is 11.9. The van der Waals surface area contributed by atoms with Gasteiger partial charge in [-0.1, -0.05) is 15.9 Å². The molecule has 1 atom stereocenters. The van der Waals surface area contributed by atoms with Crippen LogP contribution in [0.2, 0.25) is 0 Å². The molecular formula is C13H15BrO2S. The number of hydrogen-bond donors (Lipinski definition) is 1. The van der Waals surface area contributed by atoms with Crippen molar-refractivity contribution in [3.8, 4) is 5.75 Å². The van der Waals surface area contributed by atoms with E-state index in [1.165, 1.54) is 0 Å². The fraction of sp³-hybridized carbons (Fsp3) is 0.538. The van der Waals surface area contributed by atoms with Gasteiger partial charge in [-0.05, 0) is 42.5 Å². The normalized spacial score (nSPS) is 26.4. The van der Waals surface area contributed by atoms with Crippen LogP contribution < -0.4 is 4.74 Å². The summed E-state index contributed by atoms with van der Waals surface area (Å²) in [4.78, 5) is 0. The molecule has 0 radical (unpaired) electrons. The van der Waals surface area contributed by atoms with Gasteiger partial charge in [0.25, 0.3) is 0 Å². The molecule has 17 heavy (non-hydrogen) atoms. The van der Waals surface area contributed by atoms with Gasteiger partial charge in [-0.3, -0.25) is 0 Å². The monoisotopic (exact) mass is 314 g/mol. The summed E-state index contributed by atoms with van der Waals surface area (Å²) in [6, 6.07) is 5.90. The first kappa shape index (κ1) is 11.9. The predicted octanol–water partition coefficient (Wildman–Crippen LogP) is 3.53. The molecule has 0 amide bonds. The maximum Gasteiger partial charge on any atom is 0.126 e. The molecule has 1 fully saturated rings. The van der Waals surface area contributed by atoms with Crippen molar-refractivity contribution in [2.75, 3.05) is 11.5 Å². The number of thioether (sulfide) groups is 1. The molecule has 2 aliphatic rings. The fourth-order valence-electron chi connectivity index (χ4n) is 2.66. The van der Waals surface area contributed by atoms with Crippen LogP contribution in [0.25, 0.3) is 0 Å². The second-order valence-corrected chi connectivity index (χ2v) is 6.94. The van der Waals surface area contributed by atoms with Crippen LogP contribution in [0.4, 0.5) is 0 Å². The molecule has 2 aliphatic heterocycles. The number of fused-ring (bicyclic) bond motifs is 1. The number of aliphatic hydroxyl groups excluding tert-OH is 1. The van der Waals surface area contributed by atoms with E-state index in [0.29, 0.717) is 0 Å². The van der Waals surface area contributed by atoms with Gasteiger partial charge >= 0.3 is 0 Å². The molecule has 1 N–H and O–H groups in total. The highest BCUT2D eigenvalue weighted by Crippen LogP contribution is 2.45. The van der Waals surface area contributed by atoms with Crippen LogP contribution in [0, 0.1) is 0 Å². The highest BCUT2D eigenvalue weighted by Gasteiger charge is 2.41. The van der Waals surface area contributed by atoms with E-state index < -0.39 is 0 Å². The summed E-state index contributed by atoms with van der Waals surface area (Å²) in [5.41, 5.74) is 0.800. The quantitative estimate of drug-likeness (QED) is 0.794. The number of hydrogen-bond acceptors (Lipinski definition) is 3. The highest BCUT2D eigenvalue weighted by atomic mass is 79.9. The molecule has 1 spiro atoms. The smallest absolute Gasteiger partial charge is 0.126 e. The van der Waals surface area contributed by atoms with Crippen molar-refractivity contribution < 1.29 is 9.84 Å². The van der Waals surface area contributed by atoms with E-state index in [-0.39, 0.29) is 11.7 Å². The van der Waals surface area contributed by atoms with Crippen molar-refractivity contribution >= 4 is 27.7 Å². The van der Waals surface area contributed by atoms with Crippen LogP contribution in [0.3, 0.4) is 0 Å². The molecule has 1 saturated heterocycles. The Bertz CT molecular complexity index is 429. The molecule has 0 unspecified atom stereocenters. The van der Waals surface area contributed by atoms with Crippen molar-refractivity contribution in [2.24, 2.45) is 0 Å². The highest BCUT2D eigenvalue weighted by molar-refractivity contribution is 9.10. The Hall–Kier alpha value is -0.190. The molecule has 1 aromatic rings. The van der Waals surface area contributed by atoms with E-state index >= 15 is 0 Å². The Morgan fingerprint density at radius 2 is 2.12 bits per heavy atom. The SMILES string of the molecule is O[C@H]1CC2(CCSCC2)Oc2ccc(Br)cc21. The zero-order valence-electron chi connectivity index (χ0n) is 9.49. The lowest BCUT2D eigenvalue weighted by atomic mass is 9.84. The molecule has 0 bridgehead atoms. The lowest BCUT2D eigenvalue weighted by molar-refractivity contribution is -0.0198. The number of halogens is 1. The van der Waals surface area contributed by atoms with Crippen LogP contribution in [0.1, 0.15) is 30.9 Å². The summed E-state index contributed by atoms with van der Waals surface area (Å²) in [5.74, 6) is 3.14. The van der Waals surface area contributed by atoms with Crippen LogP contribution in [-0.2, 0) is 0 Å². The minimum absolute atomic E-state index is 0.120. The van der Waals surface area contributed by atoms with E-state index in [0.717, 1.165) is 46.6 Å². The third-order valence-corrected chi connectivity index (χ3v) is 5.11. The average molecular weight is 315 g/mol.